The number of nitrogens with one attached hydrogen (secondary N) is 2. The molecule has 0 amide bonds. The molecule has 0 aromatic carbocycles. The van der Waals surface area contributed by atoms with E-state index >= 15 is 0 Å². The van der Waals surface area contributed by atoms with Crippen molar-refractivity contribution in [1.82, 2.24) is 20.2 Å². The number of fused-ring (bicyclic) bond motifs is 1. The van der Waals surface area contributed by atoms with Gasteiger partial charge in [0.25, 0.3) is 0 Å². The second-order valence-electron chi connectivity index (χ2n) is 3.45. The minimum absolute atomic E-state index is 0.738. The van der Waals surface area contributed by atoms with Gasteiger partial charge in [-0.2, -0.15) is 5.10 Å². The van der Waals surface area contributed by atoms with Gasteiger partial charge in [0.1, 0.15) is 17.2 Å². The molecule has 0 aliphatic heterocycles. The van der Waals surface area contributed by atoms with Crippen LogP contribution in [0.3, 0.4) is 0 Å². The Labute approximate surface area is 104 Å². The highest BCUT2D eigenvalue weighted by Crippen LogP contribution is 2.27. The number of rotatable bonds is 6. The summed E-state index contributed by atoms with van der Waals surface area (Å²) in [5.41, 5.74) is 0.763. The number of aromatic amines is 1. The number of hydrogen-bond acceptors (Lipinski definition) is 6. The van der Waals surface area contributed by atoms with Crippen LogP contribution in [0, 0.1) is 0 Å². The first-order valence-corrected chi connectivity index (χ1v) is 6.55. The number of hydrogen-bond donors (Lipinski definition) is 2. The molecule has 2 N–H and O–H groups in total. The van der Waals surface area contributed by atoms with E-state index < -0.39 is 0 Å². The molecule has 0 spiro atoms. The molecule has 0 bridgehead atoms. The SMILES string of the molecule is COCCCNc1ncnc2[nH]nc(SC)c12. The summed E-state index contributed by atoms with van der Waals surface area (Å²) >= 11 is 1.58. The van der Waals surface area contributed by atoms with Crippen LogP contribution in [0.1, 0.15) is 6.42 Å². The summed E-state index contributed by atoms with van der Waals surface area (Å²) in [6, 6.07) is 0. The second kappa shape index (κ2) is 5.83. The van der Waals surface area contributed by atoms with Gasteiger partial charge in [0.05, 0.1) is 5.39 Å². The fraction of sp³-hybridized carbons (Fsp3) is 0.500. The number of thioether (sulfide) groups is 1. The summed E-state index contributed by atoms with van der Waals surface area (Å²) < 4.78 is 5.00. The maximum atomic E-state index is 5.00. The van der Waals surface area contributed by atoms with Crippen molar-refractivity contribution in [2.24, 2.45) is 0 Å². The van der Waals surface area contributed by atoms with Crippen molar-refractivity contribution in [2.45, 2.75) is 11.4 Å². The number of ether oxygens (including phenoxy) is 1. The van der Waals surface area contributed by atoms with E-state index in [1.807, 2.05) is 6.26 Å². The van der Waals surface area contributed by atoms with Gasteiger partial charge in [0, 0.05) is 20.3 Å². The van der Waals surface area contributed by atoms with Crippen LogP contribution in [0.25, 0.3) is 11.0 Å². The van der Waals surface area contributed by atoms with Crippen molar-refractivity contribution in [3.8, 4) is 0 Å². The second-order valence-corrected chi connectivity index (χ2v) is 4.25. The van der Waals surface area contributed by atoms with E-state index in [0.29, 0.717) is 0 Å². The lowest BCUT2D eigenvalue weighted by molar-refractivity contribution is 0.198. The zero-order valence-corrected chi connectivity index (χ0v) is 10.7. The minimum atomic E-state index is 0.738. The summed E-state index contributed by atoms with van der Waals surface area (Å²) in [5, 5.41) is 12.2. The zero-order chi connectivity index (χ0) is 12.1. The third kappa shape index (κ3) is 2.67. The highest BCUT2D eigenvalue weighted by atomic mass is 32.2. The van der Waals surface area contributed by atoms with Crippen molar-refractivity contribution in [3.63, 3.8) is 0 Å². The van der Waals surface area contributed by atoms with E-state index in [-0.39, 0.29) is 0 Å². The Morgan fingerprint density at radius 1 is 1.47 bits per heavy atom. The van der Waals surface area contributed by atoms with E-state index in [9.17, 15) is 0 Å². The maximum absolute atomic E-state index is 5.00. The van der Waals surface area contributed by atoms with Gasteiger partial charge in [0.15, 0.2) is 5.65 Å². The number of methoxy groups -OCH3 is 1. The van der Waals surface area contributed by atoms with Gasteiger partial charge in [-0.05, 0) is 12.7 Å². The van der Waals surface area contributed by atoms with Crippen LogP contribution in [-0.2, 0) is 4.74 Å². The largest absolute Gasteiger partial charge is 0.385 e. The molecule has 0 saturated heterocycles. The Kier molecular flexibility index (Phi) is 4.16. The van der Waals surface area contributed by atoms with Crippen molar-refractivity contribution in [2.75, 3.05) is 31.8 Å². The summed E-state index contributed by atoms with van der Waals surface area (Å²) in [6.07, 6.45) is 4.45. The zero-order valence-electron chi connectivity index (χ0n) is 9.86. The van der Waals surface area contributed by atoms with E-state index in [4.69, 9.17) is 4.74 Å². The van der Waals surface area contributed by atoms with Gasteiger partial charge in [-0.25, -0.2) is 9.97 Å². The van der Waals surface area contributed by atoms with Crippen molar-refractivity contribution in [1.29, 1.82) is 0 Å². The van der Waals surface area contributed by atoms with E-state index in [1.54, 1.807) is 18.9 Å². The minimum Gasteiger partial charge on any atom is -0.385 e. The fourth-order valence-corrected chi connectivity index (χ4v) is 2.07. The molecule has 2 aromatic heterocycles. The van der Waals surface area contributed by atoms with Gasteiger partial charge in [-0.3, -0.25) is 5.10 Å². The molecule has 7 heteroatoms. The molecule has 92 valence electrons. The molecule has 0 atom stereocenters. The van der Waals surface area contributed by atoms with Crippen LogP contribution in [0.15, 0.2) is 11.4 Å². The Morgan fingerprint density at radius 3 is 3.12 bits per heavy atom. The summed E-state index contributed by atoms with van der Waals surface area (Å²) in [6.45, 7) is 1.56. The molecule has 0 aliphatic carbocycles. The van der Waals surface area contributed by atoms with Gasteiger partial charge in [0.2, 0.25) is 0 Å². The molecule has 2 rings (SSSR count). The van der Waals surface area contributed by atoms with Gasteiger partial charge < -0.3 is 10.1 Å². The van der Waals surface area contributed by atoms with Crippen LogP contribution in [-0.4, -0.2) is 46.7 Å². The van der Waals surface area contributed by atoms with Crippen LogP contribution in [0.2, 0.25) is 0 Å². The lowest BCUT2D eigenvalue weighted by Gasteiger charge is -2.06. The average molecular weight is 253 g/mol. The highest BCUT2D eigenvalue weighted by molar-refractivity contribution is 7.98. The van der Waals surface area contributed by atoms with Gasteiger partial charge >= 0.3 is 0 Å². The van der Waals surface area contributed by atoms with Crippen LogP contribution < -0.4 is 5.32 Å². The molecule has 2 aromatic rings. The van der Waals surface area contributed by atoms with Crippen molar-refractivity contribution < 1.29 is 4.74 Å². The number of anilines is 1. The molecule has 6 nitrogen and oxygen atoms in total. The number of nitrogens with zero attached hydrogens (tertiary/aromatic N) is 3. The van der Waals surface area contributed by atoms with Crippen LogP contribution in [0.5, 0.6) is 0 Å². The normalized spacial score (nSPS) is 10.9. The van der Waals surface area contributed by atoms with E-state index in [1.165, 1.54) is 6.33 Å². The quantitative estimate of drug-likeness (QED) is 0.600. The third-order valence-electron chi connectivity index (χ3n) is 2.34. The monoisotopic (exact) mass is 253 g/mol. The Balaban J connectivity index is 2.17. The predicted molar refractivity (Wildman–Crippen MR) is 68.4 cm³/mol. The van der Waals surface area contributed by atoms with Crippen LogP contribution in [0.4, 0.5) is 5.82 Å². The van der Waals surface area contributed by atoms with Gasteiger partial charge in [-0.15, -0.1) is 11.8 Å². The molecule has 0 saturated carbocycles. The molecular formula is C10H15N5OS. The lowest BCUT2D eigenvalue weighted by Crippen LogP contribution is -2.06. The first-order valence-electron chi connectivity index (χ1n) is 5.32. The lowest BCUT2D eigenvalue weighted by atomic mass is 10.3. The molecular weight excluding hydrogens is 238 g/mol. The molecule has 17 heavy (non-hydrogen) atoms. The maximum Gasteiger partial charge on any atom is 0.161 e. The van der Waals surface area contributed by atoms with Gasteiger partial charge in [-0.1, -0.05) is 0 Å². The first kappa shape index (κ1) is 12.1. The predicted octanol–water partition coefficient (Wildman–Crippen LogP) is 1.52. The summed E-state index contributed by atoms with van der Waals surface area (Å²) in [7, 11) is 1.70. The average Bonchev–Trinajstić information content (AvgIpc) is 2.78. The van der Waals surface area contributed by atoms with E-state index in [0.717, 1.165) is 41.4 Å². The first-order chi connectivity index (χ1) is 8.36. The van der Waals surface area contributed by atoms with Crippen molar-refractivity contribution >= 4 is 28.6 Å². The molecule has 0 aliphatic rings. The Hall–Kier alpha value is -1.34. The van der Waals surface area contributed by atoms with Crippen LogP contribution >= 0.6 is 11.8 Å². The Bertz CT molecular complexity index is 487. The number of aromatic nitrogens is 4. The Morgan fingerprint density at radius 2 is 2.35 bits per heavy atom. The van der Waals surface area contributed by atoms with E-state index in [2.05, 4.69) is 25.5 Å². The topological polar surface area (TPSA) is 75.7 Å². The molecule has 0 unspecified atom stereocenters. The summed E-state index contributed by atoms with van der Waals surface area (Å²) in [4.78, 5) is 8.40. The molecule has 0 fully saturated rings. The third-order valence-corrected chi connectivity index (χ3v) is 3.02. The molecule has 2 heterocycles. The van der Waals surface area contributed by atoms with Crippen molar-refractivity contribution in [3.05, 3.63) is 6.33 Å². The highest BCUT2D eigenvalue weighted by Gasteiger charge is 2.11. The summed E-state index contributed by atoms with van der Waals surface area (Å²) in [5.74, 6) is 0.823. The number of H-pyrrole nitrogens is 1. The smallest absolute Gasteiger partial charge is 0.161 e. The molecule has 0 radical (unpaired) electrons. The standard InChI is InChI=1S/C10H15N5OS/c1-16-5-3-4-11-8-7-9(13-6-12-8)14-15-10(7)17-2/h6H,3-5H2,1-2H3,(H2,11,12,13,14,15). The fourth-order valence-electron chi connectivity index (χ4n) is 1.54.